The Bertz CT molecular complexity index is 498. The van der Waals surface area contributed by atoms with Crippen LogP contribution in [0.4, 0.5) is 0 Å². The van der Waals surface area contributed by atoms with Crippen LogP contribution < -0.4 is 11.3 Å². The molecule has 6 nitrogen and oxygen atoms in total. The highest BCUT2D eigenvalue weighted by Gasteiger charge is 2.20. The van der Waals surface area contributed by atoms with Crippen molar-refractivity contribution in [2.75, 3.05) is 0 Å². The van der Waals surface area contributed by atoms with Gasteiger partial charge >= 0.3 is 0 Å². The van der Waals surface area contributed by atoms with Gasteiger partial charge in [0, 0.05) is 26.0 Å². The molecule has 2 aromatic rings. The van der Waals surface area contributed by atoms with Crippen LogP contribution in [0.2, 0.25) is 0 Å². The van der Waals surface area contributed by atoms with Crippen molar-refractivity contribution in [3.05, 3.63) is 35.7 Å². The van der Waals surface area contributed by atoms with Crippen LogP contribution in [0.5, 0.6) is 0 Å². The lowest BCUT2D eigenvalue weighted by atomic mass is 10.2. The number of nitrogens with two attached hydrogens (primary N) is 1. The third-order valence-corrected chi connectivity index (χ3v) is 2.85. The normalized spacial score (nSPS) is 12.9. The number of rotatable bonds is 4. The third kappa shape index (κ3) is 2.09. The minimum atomic E-state index is -0.142. The van der Waals surface area contributed by atoms with Gasteiger partial charge in [0.1, 0.15) is 11.9 Å². The molecule has 6 heteroatoms. The largest absolute Gasteiger partial charge is 0.334 e. The minimum Gasteiger partial charge on any atom is -0.334 e. The SMILES string of the molecule is CCn1ccnc1C(NN)c1cc(C)nn1C. The molecule has 0 amide bonds. The van der Waals surface area contributed by atoms with Crippen LogP contribution in [-0.2, 0) is 13.6 Å². The van der Waals surface area contributed by atoms with Crippen LogP contribution in [0.3, 0.4) is 0 Å². The molecule has 0 saturated heterocycles. The molecule has 2 aromatic heterocycles. The summed E-state index contributed by atoms with van der Waals surface area (Å²) >= 11 is 0. The molecule has 0 radical (unpaired) electrons. The third-order valence-electron chi connectivity index (χ3n) is 2.85. The number of hydrogen-bond donors (Lipinski definition) is 2. The van der Waals surface area contributed by atoms with Gasteiger partial charge in [0.2, 0.25) is 0 Å². The first kappa shape index (κ1) is 11.8. The van der Waals surface area contributed by atoms with E-state index in [0.29, 0.717) is 0 Å². The molecule has 2 heterocycles. The molecule has 3 N–H and O–H groups in total. The summed E-state index contributed by atoms with van der Waals surface area (Å²) in [5, 5.41) is 4.33. The summed E-state index contributed by atoms with van der Waals surface area (Å²) in [5.74, 6) is 6.55. The summed E-state index contributed by atoms with van der Waals surface area (Å²) in [6, 6.07) is 1.87. The van der Waals surface area contributed by atoms with Crippen molar-refractivity contribution in [2.24, 2.45) is 12.9 Å². The highest BCUT2D eigenvalue weighted by atomic mass is 15.3. The minimum absolute atomic E-state index is 0.142. The van der Waals surface area contributed by atoms with E-state index in [4.69, 9.17) is 5.84 Å². The molecular formula is C11H18N6. The first-order valence-electron chi connectivity index (χ1n) is 5.65. The number of hydrogen-bond acceptors (Lipinski definition) is 4. The van der Waals surface area contributed by atoms with E-state index in [0.717, 1.165) is 23.8 Å². The Labute approximate surface area is 100 Å². The molecule has 0 bridgehead atoms. The number of aryl methyl sites for hydroxylation is 3. The Morgan fingerprint density at radius 3 is 2.82 bits per heavy atom. The Morgan fingerprint density at radius 2 is 2.29 bits per heavy atom. The van der Waals surface area contributed by atoms with Gasteiger partial charge in [0.15, 0.2) is 0 Å². The maximum Gasteiger partial charge on any atom is 0.133 e. The fourth-order valence-electron chi connectivity index (χ4n) is 2.04. The van der Waals surface area contributed by atoms with Crippen molar-refractivity contribution < 1.29 is 0 Å². The van der Waals surface area contributed by atoms with Crippen LogP contribution in [0, 0.1) is 6.92 Å². The molecule has 0 spiro atoms. The molecule has 0 aromatic carbocycles. The van der Waals surface area contributed by atoms with Crippen molar-refractivity contribution >= 4 is 0 Å². The Morgan fingerprint density at radius 1 is 1.53 bits per heavy atom. The Balaban J connectivity index is 2.43. The molecule has 17 heavy (non-hydrogen) atoms. The molecule has 0 aliphatic carbocycles. The lowest BCUT2D eigenvalue weighted by Gasteiger charge is -2.16. The van der Waals surface area contributed by atoms with Crippen molar-refractivity contribution in [1.29, 1.82) is 0 Å². The zero-order chi connectivity index (χ0) is 12.4. The Hall–Kier alpha value is -1.66. The molecule has 0 fully saturated rings. The monoisotopic (exact) mass is 234 g/mol. The van der Waals surface area contributed by atoms with E-state index in [1.54, 1.807) is 6.20 Å². The number of nitrogens with one attached hydrogen (secondary N) is 1. The van der Waals surface area contributed by atoms with Gasteiger partial charge < -0.3 is 4.57 Å². The topological polar surface area (TPSA) is 73.7 Å². The van der Waals surface area contributed by atoms with Crippen molar-refractivity contribution in [1.82, 2.24) is 24.8 Å². The lowest BCUT2D eigenvalue weighted by molar-refractivity contribution is 0.523. The average Bonchev–Trinajstić information content (AvgIpc) is 2.88. The van der Waals surface area contributed by atoms with Crippen molar-refractivity contribution in [3.63, 3.8) is 0 Å². The van der Waals surface area contributed by atoms with Crippen LogP contribution in [0.25, 0.3) is 0 Å². The summed E-state index contributed by atoms with van der Waals surface area (Å²) in [6.45, 7) is 4.90. The molecule has 0 aliphatic heterocycles. The van der Waals surface area contributed by atoms with E-state index in [-0.39, 0.29) is 6.04 Å². The quantitative estimate of drug-likeness (QED) is 0.596. The zero-order valence-corrected chi connectivity index (χ0v) is 10.4. The van der Waals surface area contributed by atoms with E-state index in [1.165, 1.54) is 0 Å². The summed E-state index contributed by atoms with van der Waals surface area (Å²) in [6.07, 6.45) is 3.73. The van der Waals surface area contributed by atoms with E-state index in [9.17, 15) is 0 Å². The number of hydrazine groups is 1. The summed E-state index contributed by atoms with van der Waals surface area (Å²) in [7, 11) is 1.91. The van der Waals surface area contributed by atoms with Crippen LogP contribution in [0.15, 0.2) is 18.5 Å². The molecule has 1 atom stereocenters. The maximum atomic E-state index is 5.65. The molecule has 0 aliphatic rings. The average molecular weight is 234 g/mol. The highest BCUT2D eigenvalue weighted by molar-refractivity contribution is 5.20. The van der Waals surface area contributed by atoms with Gasteiger partial charge in [-0.1, -0.05) is 0 Å². The van der Waals surface area contributed by atoms with E-state index in [1.807, 2.05) is 30.9 Å². The second-order valence-corrected chi connectivity index (χ2v) is 4.01. The van der Waals surface area contributed by atoms with E-state index >= 15 is 0 Å². The van der Waals surface area contributed by atoms with Gasteiger partial charge in [-0.05, 0) is 19.9 Å². The first-order chi connectivity index (χ1) is 8.17. The van der Waals surface area contributed by atoms with E-state index in [2.05, 4.69) is 27.0 Å². The predicted octanol–water partition coefficient (Wildman–Crippen LogP) is 0.498. The maximum absolute atomic E-state index is 5.65. The first-order valence-corrected chi connectivity index (χ1v) is 5.65. The second kappa shape index (κ2) is 4.68. The van der Waals surface area contributed by atoms with Crippen molar-refractivity contribution in [2.45, 2.75) is 26.4 Å². The number of nitrogens with zero attached hydrogens (tertiary/aromatic N) is 4. The predicted molar refractivity (Wildman–Crippen MR) is 65.0 cm³/mol. The van der Waals surface area contributed by atoms with Gasteiger partial charge in [0.05, 0.1) is 11.4 Å². The zero-order valence-electron chi connectivity index (χ0n) is 10.4. The summed E-state index contributed by atoms with van der Waals surface area (Å²) in [5.41, 5.74) is 4.78. The van der Waals surface area contributed by atoms with Gasteiger partial charge in [-0.25, -0.2) is 10.4 Å². The molecular weight excluding hydrogens is 216 g/mol. The fraction of sp³-hybridized carbons (Fsp3) is 0.455. The van der Waals surface area contributed by atoms with Crippen molar-refractivity contribution in [3.8, 4) is 0 Å². The van der Waals surface area contributed by atoms with Crippen LogP contribution in [0.1, 0.15) is 30.2 Å². The fourth-order valence-corrected chi connectivity index (χ4v) is 2.04. The number of imidazole rings is 1. The van der Waals surface area contributed by atoms with Gasteiger partial charge in [-0.3, -0.25) is 10.5 Å². The van der Waals surface area contributed by atoms with Gasteiger partial charge in [-0.2, -0.15) is 5.10 Å². The van der Waals surface area contributed by atoms with Gasteiger partial charge in [-0.15, -0.1) is 0 Å². The smallest absolute Gasteiger partial charge is 0.133 e. The highest BCUT2D eigenvalue weighted by Crippen LogP contribution is 2.20. The van der Waals surface area contributed by atoms with Crippen LogP contribution >= 0.6 is 0 Å². The molecule has 2 rings (SSSR count). The van der Waals surface area contributed by atoms with Gasteiger partial charge in [0.25, 0.3) is 0 Å². The molecule has 92 valence electrons. The second-order valence-electron chi connectivity index (χ2n) is 4.01. The molecule has 0 saturated carbocycles. The van der Waals surface area contributed by atoms with Crippen LogP contribution in [-0.4, -0.2) is 19.3 Å². The summed E-state index contributed by atoms with van der Waals surface area (Å²) < 4.78 is 3.89. The number of aromatic nitrogens is 4. The van der Waals surface area contributed by atoms with E-state index < -0.39 is 0 Å². The molecule has 1 unspecified atom stereocenters. The Kier molecular flexibility index (Phi) is 3.26. The standard InChI is InChI=1S/C11H18N6/c1-4-17-6-5-13-11(17)10(14-12)9-7-8(2)15-16(9)3/h5-7,10,14H,4,12H2,1-3H3. The lowest BCUT2D eigenvalue weighted by Crippen LogP contribution is -2.32. The summed E-state index contributed by atoms with van der Waals surface area (Å²) in [4.78, 5) is 4.36.